The maximum absolute atomic E-state index is 12.6. The van der Waals surface area contributed by atoms with E-state index in [0.29, 0.717) is 12.3 Å². The molecule has 1 fully saturated rings. The second kappa shape index (κ2) is 12.0. The molecule has 28 heavy (non-hydrogen) atoms. The van der Waals surface area contributed by atoms with Crippen molar-refractivity contribution in [2.75, 3.05) is 7.11 Å². The summed E-state index contributed by atoms with van der Waals surface area (Å²) in [6.45, 7) is 0. The molecule has 152 valence electrons. The fourth-order valence-electron chi connectivity index (χ4n) is 3.87. The number of carbonyl (C=O) groups is 2. The molecule has 0 radical (unpaired) electrons. The SMILES string of the molecule is COC(=O)C[C@@H](NC(=O)C[C@H](CCc1ccccc1)N=[N+]=[N-])C1CCCCC1. The van der Waals surface area contributed by atoms with Crippen molar-refractivity contribution in [1.82, 2.24) is 5.32 Å². The number of ether oxygens (including phenoxy) is 1. The third kappa shape index (κ3) is 7.61. The van der Waals surface area contributed by atoms with Crippen LogP contribution in [0.5, 0.6) is 0 Å². The van der Waals surface area contributed by atoms with Gasteiger partial charge in [-0.05, 0) is 42.7 Å². The number of esters is 1. The van der Waals surface area contributed by atoms with E-state index in [1.807, 2.05) is 30.3 Å². The van der Waals surface area contributed by atoms with Gasteiger partial charge in [-0.1, -0.05) is 54.7 Å². The minimum atomic E-state index is -0.407. The fourth-order valence-corrected chi connectivity index (χ4v) is 3.87. The van der Waals surface area contributed by atoms with E-state index in [4.69, 9.17) is 10.3 Å². The summed E-state index contributed by atoms with van der Waals surface area (Å²) in [5, 5.41) is 6.82. The molecule has 0 heterocycles. The van der Waals surface area contributed by atoms with Crippen LogP contribution < -0.4 is 5.32 Å². The molecule has 0 aliphatic heterocycles. The van der Waals surface area contributed by atoms with Crippen molar-refractivity contribution in [2.45, 2.75) is 69.9 Å². The second-order valence-electron chi connectivity index (χ2n) is 7.44. The predicted molar refractivity (Wildman–Crippen MR) is 107 cm³/mol. The van der Waals surface area contributed by atoms with E-state index in [2.05, 4.69) is 15.3 Å². The van der Waals surface area contributed by atoms with Gasteiger partial charge < -0.3 is 10.1 Å². The van der Waals surface area contributed by atoms with Gasteiger partial charge in [-0.3, -0.25) is 9.59 Å². The molecule has 1 aliphatic rings. The van der Waals surface area contributed by atoms with Crippen LogP contribution in [0.2, 0.25) is 0 Å². The van der Waals surface area contributed by atoms with Crippen molar-refractivity contribution >= 4 is 11.9 Å². The number of nitrogens with zero attached hydrogens (tertiary/aromatic N) is 3. The molecular weight excluding hydrogens is 356 g/mol. The maximum Gasteiger partial charge on any atom is 0.307 e. The van der Waals surface area contributed by atoms with E-state index in [0.717, 1.165) is 37.7 Å². The number of methoxy groups -OCH3 is 1. The topological polar surface area (TPSA) is 104 Å². The Morgan fingerprint density at radius 1 is 1.21 bits per heavy atom. The smallest absolute Gasteiger partial charge is 0.307 e. The van der Waals surface area contributed by atoms with Crippen LogP contribution in [0.3, 0.4) is 0 Å². The zero-order chi connectivity index (χ0) is 20.2. The summed E-state index contributed by atoms with van der Waals surface area (Å²) in [6, 6.07) is 9.29. The Morgan fingerprint density at radius 2 is 1.93 bits per heavy atom. The van der Waals surface area contributed by atoms with Crippen molar-refractivity contribution in [3.8, 4) is 0 Å². The van der Waals surface area contributed by atoms with E-state index >= 15 is 0 Å². The summed E-state index contributed by atoms with van der Waals surface area (Å²) in [5.41, 5.74) is 9.99. The lowest BCUT2D eigenvalue weighted by Crippen LogP contribution is -2.43. The van der Waals surface area contributed by atoms with Crippen LogP contribution in [-0.2, 0) is 20.7 Å². The van der Waals surface area contributed by atoms with Crippen LogP contribution >= 0.6 is 0 Å². The average molecular weight is 386 g/mol. The molecule has 1 aliphatic carbocycles. The lowest BCUT2D eigenvalue weighted by atomic mass is 9.82. The van der Waals surface area contributed by atoms with Crippen LogP contribution in [0.15, 0.2) is 35.4 Å². The third-order valence-corrected chi connectivity index (χ3v) is 5.42. The van der Waals surface area contributed by atoms with Gasteiger partial charge >= 0.3 is 5.97 Å². The molecule has 1 saturated carbocycles. The zero-order valence-electron chi connectivity index (χ0n) is 16.5. The van der Waals surface area contributed by atoms with E-state index in [1.165, 1.54) is 13.5 Å². The Labute approximate surface area is 166 Å². The first-order valence-electron chi connectivity index (χ1n) is 10.1. The minimum absolute atomic E-state index is 0.126. The lowest BCUT2D eigenvalue weighted by Gasteiger charge is -2.30. The molecule has 0 unspecified atom stereocenters. The molecule has 0 bridgehead atoms. The highest BCUT2D eigenvalue weighted by Gasteiger charge is 2.28. The van der Waals surface area contributed by atoms with Gasteiger partial charge in [-0.15, -0.1) is 0 Å². The van der Waals surface area contributed by atoms with Crippen molar-refractivity contribution in [2.24, 2.45) is 11.0 Å². The van der Waals surface area contributed by atoms with E-state index in [1.54, 1.807) is 0 Å². The highest BCUT2D eigenvalue weighted by Crippen LogP contribution is 2.28. The summed E-state index contributed by atoms with van der Waals surface area (Å²) >= 11 is 0. The second-order valence-corrected chi connectivity index (χ2v) is 7.44. The number of amides is 1. The van der Waals surface area contributed by atoms with Gasteiger partial charge in [0.25, 0.3) is 0 Å². The Morgan fingerprint density at radius 3 is 2.57 bits per heavy atom. The van der Waals surface area contributed by atoms with Gasteiger partial charge in [0.2, 0.25) is 5.91 Å². The minimum Gasteiger partial charge on any atom is -0.469 e. The largest absolute Gasteiger partial charge is 0.469 e. The first-order valence-corrected chi connectivity index (χ1v) is 10.1. The van der Waals surface area contributed by atoms with E-state index in [9.17, 15) is 9.59 Å². The zero-order valence-corrected chi connectivity index (χ0v) is 16.5. The fraction of sp³-hybridized carbons (Fsp3) is 0.619. The predicted octanol–water partition coefficient (Wildman–Crippen LogP) is 4.32. The van der Waals surface area contributed by atoms with Crippen molar-refractivity contribution < 1.29 is 14.3 Å². The van der Waals surface area contributed by atoms with Crippen LogP contribution in [0, 0.1) is 5.92 Å². The monoisotopic (exact) mass is 386 g/mol. The van der Waals surface area contributed by atoms with Gasteiger partial charge in [0.1, 0.15) is 0 Å². The molecule has 0 saturated heterocycles. The molecule has 0 aromatic heterocycles. The number of carbonyl (C=O) groups excluding carboxylic acids is 2. The molecule has 0 spiro atoms. The molecule has 7 heteroatoms. The lowest BCUT2D eigenvalue weighted by molar-refractivity contribution is -0.141. The van der Waals surface area contributed by atoms with Crippen molar-refractivity contribution in [1.29, 1.82) is 0 Å². The summed E-state index contributed by atoms with van der Waals surface area (Å²) in [6.07, 6.45) is 7.12. The molecule has 2 atom stereocenters. The molecule has 1 aromatic rings. The number of aryl methyl sites for hydroxylation is 1. The molecule has 1 N–H and O–H groups in total. The van der Waals surface area contributed by atoms with Crippen LogP contribution in [0.1, 0.15) is 56.9 Å². The van der Waals surface area contributed by atoms with Gasteiger partial charge in [-0.25, -0.2) is 0 Å². The molecule has 7 nitrogen and oxygen atoms in total. The number of hydrogen-bond donors (Lipinski definition) is 1. The summed E-state index contributed by atoms with van der Waals surface area (Å²) in [4.78, 5) is 27.3. The van der Waals surface area contributed by atoms with Crippen LogP contribution in [-0.4, -0.2) is 31.1 Å². The Hall–Kier alpha value is -2.53. The van der Waals surface area contributed by atoms with Crippen LogP contribution in [0.4, 0.5) is 0 Å². The molecule has 2 rings (SSSR count). The van der Waals surface area contributed by atoms with Gasteiger partial charge in [-0.2, -0.15) is 0 Å². The Kier molecular flexibility index (Phi) is 9.35. The molecular formula is C21H30N4O3. The van der Waals surface area contributed by atoms with Crippen LogP contribution in [0.25, 0.3) is 10.4 Å². The molecule has 1 amide bonds. The number of rotatable bonds is 10. The van der Waals surface area contributed by atoms with E-state index in [-0.39, 0.29) is 30.8 Å². The quantitative estimate of drug-likeness (QED) is 0.280. The molecule has 1 aromatic carbocycles. The first kappa shape index (κ1) is 21.8. The van der Waals surface area contributed by atoms with Crippen molar-refractivity contribution in [3.05, 3.63) is 46.3 Å². The Balaban J connectivity index is 1.93. The standard InChI is InChI=1S/C21H30N4O3/c1-28-21(27)15-19(17-10-6-3-7-11-17)23-20(26)14-18(24-25-22)13-12-16-8-4-2-5-9-16/h2,4-5,8-9,17-19H,3,6-7,10-15H2,1H3,(H,23,26)/t18-,19+/m0/s1. The number of benzene rings is 1. The highest BCUT2D eigenvalue weighted by atomic mass is 16.5. The van der Waals surface area contributed by atoms with Gasteiger partial charge in [0.05, 0.1) is 13.5 Å². The third-order valence-electron chi connectivity index (χ3n) is 5.42. The summed E-state index contributed by atoms with van der Waals surface area (Å²) < 4.78 is 4.80. The van der Waals surface area contributed by atoms with Gasteiger partial charge in [0.15, 0.2) is 0 Å². The van der Waals surface area contributed by atoms with Crippen molar-refractivity contribution in [3.63, 3.8) is 0 Å². The van der Waals surface area contributed by atoms with Gasteiger partial charge in [0, 0.05) is 23.4 Å². The highest BCUT2D eigenvalue weighted by molar-refractivity contribution is 5.78. The summed E-state index contributed by atoms with van der Waals surface area (Å²) in [7, 11) is 1.36. The summed E-state index contributed by atoms with van der Waals surface area (Å²) in [5.74, 6) is -0.199. The number of nitrogens with one attached hydrogen (secondary N) is 1. The number of azide groups is 1. The average Bonchev–Trinajstić information content (AvgIpc) is 2.73. The van der Waals surface area contributed by atoms with E-state index < -0.39 is 6.04 Å². The maximum atomic E-state index is 12.6. The first-order chi connectivity index (χ1) is 13.6. The number of hydrogen-bond acceptors (Lipinski definition) is 4. The normalized spacial score (nSPS) is 16.5. The Bertz CT molecular complexity index is 667.